The van der Waals surface area contributed by atoms with E-state index in [1.54, 1.807) is 25.1 Å². The molecule has 122 valence electrons. The molecule has 3 rings (SSSR count). The van der Waals surface area contributed by atoms with Crippen LogP contribution in [0.1, 0.15) is 33.9 Å². The van der Waals surface area contributed by atoms with Crippen molar-refractivity contribution in [2.45, 2.75) is 26.9 Å². The molecule has 0 aliphatic rings. The third kappa shape index (κ3) is 4.04. The second-order valence-corrected chi connectivity index (χ2v) is 5.59. The lowest BCUT2D eigenvalue weighted by molar-refractivity contribution is 1.03. The lowest BCUT2D eigenvalue weighted by atomic mass is 10.1. The van der Waals surface area contributed by atoms with Gasteiger partial charge in [0, 0.05) is 23.8 Å². The van der Waals surface area contributed by atoms with E-state index in [0.717, 1.165) is 33.9 Å². The van der Waals surface area contributed by atoms with Crippen molar-refractivity contribution in [3.05, 3.63) is 70.8 Å². The molecule has 2 heterocycles. The molecule has 3 aromatic rings. The van der Waals surface area contributed by atoms with E-state index in [1.807, 2.05) is 19.9 Å². The molecule has 6 nitrogen and oxygen atoms in total. The molecular weight excluding hydrogens is 300 g/mol. The summed E-state index contributed by atoms with van der Waals surface area (Å²) < 4.78 is 0. The van der Waals surface area contributed by atoms with Crippen molar-refractivity contribution < 1.29 is 0 Å². The van der Waals surface area contributed by atoms with Crippen LogP contribution >= 0.6 is 0 Å². The summed E-state index contributed by atoms with van der Waals surface area (Å²) in [6, 6.07) is 8.30. The van der Waals surface area contributed by atoms with E-state index >= 15 is 0 Å². The Kier molecular flexibility index (Phi) is 4.96. The van der Waals surface area contributed by atoms with Gasteiger partial charge in [-0.05, 0) is 25.0 Å². The summed E-state index contributed by atoms with van der Waals surface area (Å²) in [5.74, 6) is 0. The molecule has 0 spiro atoms. The Morgan fingerprint density at radius 2 is 1.38 bits per heavy atom. The van der Waals surface area contributed by atoms with Crippen molar-refractivity contribution >= 4 is 12.4 Å². The topological polar surface area (TPSA) is 82.1 Å². The Labute approximate surface area is 140 Å². The molecule has 24 heavy (non-hydrogen) atoms. The third-order valence-electron chi connectivity index (χ3n) is 3.70. The number of hydrogen-bond donors (Lipinski definition) is 2. The summed E-state index contributed by atoms with van der Waals surface area (Å²) in [5, 5.41) is 0. The minimum absolute atomic E-state index is 0.627. The smallest absolute Gasteiger partial charge is 0.102 e. The standard InChI is InChI=1S/C18H20N6/c1-13-17(23-11-21-13)9-19-7-15-4-3-5-16(6-15)8-20-10-18-14(2)22-12-24-18/h3-6,9-12H,7-8H2,1-2H3,(H,21,23)(H,22,24). The van der Waals surface area contributed by atoms with Crippen molar-refractivity contribution in [1.29, 1.82) is 0 Å². The van der Waals surface area contributed by atoms with Crippen LogP contribution in [-0.4, -0.2) is 32.4 Å². The van der Waals surface area contributed by atoms with Gasteiger partial charge in [-0.1, -0.05) is 24.3 Å². The van der Waals surface area contributed by atoms with Gasteiger partial charge in [-0.15, -0.1) is 0 Å². The second-order valence-electron chi connectivity index (χ2n) is 5.59. The first-order valence-electron chi connectivity index (χ1n) is 7.80. The number of nitrogens with zero attached hydrogens (tertiary/aromatic N) is 4. The van der Waals surface area contributed by atoms with Crippen LogP contribution < -0.4 is 0 Å². The van der Waals surface area contributed by atoms with E-state index in [0.29, 0.717) is 13.1 Å². The number of aliphatic imine (C=N–C) groups is 2. The number of aryl methyl sites for hydroxylation is 2. The maximum Gasteiger partial charge on any atom is 0.102 e. The maximum atomic E-state index is 4.46. The number of rotatable bonds is 6. The van der Waals surface area contributed by atoms with E-state index in [9.17, 15) is 0 Å². The number of benzene rings is 1. The summed E-state index contributed by atoms with van der Waals surface area (Å²) in [4.78, 5) is 23.4. The summed E-state index contributed by atoms with van der Waals surface area (Å²) in [6.45, 7) is 5.22. The van der Waals surface area contributed by atoms with Crippen molar-refractivity contribution in [2.75, 3.05) is 0 Å². The third-order valence-corrected chi connectivity index (χ3v) is 3.70. The Balaban J connectivity index is 1.60. The summed E-state index contributed by atoms with van der Waals surface area (Å²) >= 11 is 0. The Hall–Kier alpha value is -3.02. The normalized spacial score (nSPS) is 11.8. The summed E-state index contributed by atoms with van der Waals surface area (Å²) in [7, 11) is 0. The summed E-state index contributed by atoms with van der Waals surface area (Å²) in [5.41, 5.74) is 6.12. The monoisotopic (exact) mass is 320 g/mol. The van der Waals surface area contributed by atoms with Crippen LogP contribution in [0.5, 0.6) is 0 Å². The fourth-order valence-corrected chi connectivity index (χ4v) is 2.30. The predicted octanol–water partition coefficient (Wildman–Crippen LogP) is 2.99. The zero-order chi connectivity index (χ0) is 16.8. The molecule has 0 aliphatic carbocycles. The zero-order valence-corrected chi connectivity index (χ0v) is 13.8. The van der Waals surface area contributed by atoms with Gasteiger partial charge in [-0.3, -0.25) is 9.98 Å². The maximum absolute atomic E-state index is 4.46. The highest BCUT2D eigenvalue weighted by Crippen LogP contribution is 2.08. The molecule has 0 saturated carbocycles. The van der Waals surface area contributed by atoms with Gasteiger partial charge in [-0.25, -0.2) is 9.97 Å². The van der Waals surface area contributed by atoms with Crippen LogP contribution in [0.3, 0.4) is 0 Å². The molecule has 6 heteroatoms. The second kappa shape index (κ2) is 7.50. The number of nitrogens with one attached hydrogen (secondary N) is 2. The zero-order valence-electron chi connectivity index (χ0n) is 13.8. The SMILES string of the molecule is Cc1[nH]cnc1C=NCc1cccc(CN=Cc2nc[nH]c2C)c1. The lowest BCUT2D eigenvalue weighted by Crippen LogP contribution is -1.90. The van der Waals surface area contributed by atoms with Crippen LogP contribution in [0.4, 0.5) is 0 Å². The molecule has 2 N–H and O–H groups in total. The first kappa shape index (κ1) is 15.9. The number of hydrogen-bond acceptors (Lipinski definition) is 4. The highest BCUT2D eigenvalue weighted by atomic mass is 14.9. The molecule has 0 unspecified atom stereocenters. The van der Waals surface area contributed by atoms with Crippen molar-refractivity contribution in [2.24, 2.45) is 9.98 Å². The van der Waals surface area contributed by atoms with E-state index < -0.39 is 0 Å². The van der Waals surface area contributed by atoms with Crippen molar-refractivity contribution in [3.8, 4) is 0 Å². The van der Waals surface area contributed by atoms with Crippen LogP contribution in [0.25, 0.3) is 0 Å². The van der Waals surface area contributed by atoms with Gasteiger partial charge in [0.25, 0.3) is 0 Å². The van der Waals surface area contributed by atoms with Crippen molar-refractivity contribution in [1.82, 2.24) is 19.9 Å². The van der Waals surface area contributed by atoms with E-state index in [2.05, 4.69) is 48.1 Å². The fourth-order valence-electron chi connectivity index (χ4n) is 2.30. The fraction of sp³-hybridized carbons (Fsp3) is 0.222. The number of aromatic nitrogens is 4. The van der Waals surface area contributed by atoms with Crippen molar-refractivity contribution in [3.63, 3.8) is 0 Å². The van der Waals surface area contributed by atoms with Gasteiger partial charge in [0.1, 0.15) is 11.4 Å². The minimum atomic E-state index is 0.627. The largest absolute Gasteiger partial charge is 0.348 e. The molecule has 2 aromatic heterocycles. The molecule has 1 aromatic carbocycles. The van der Waals surface area contributed by atoms with Crippen LogP contribution in [0.2, 0.25) is 0 Å². The quantitative estimate of drug-likeness (QED) is 0.685. The minimum Gasteiger partial charge on any atom is -0.348 e. The molecule has 0 aliphatic heterocycles. The van der Waals surface area contributed by atoms with Gasteiger partial charge in [0.05, 0.1) is 25.7 Å². The molecule has 0 radical (unpaired) electrons. The van der Waals surface area contributed by atoms with E-state index in [1.165, 1.54) is 0 Å². The average Bonchev–Trinajstić information content (AvgIpc) is 3.17. The highest BCUT2D eigenvalue weighted by Gasteiger charge is 1.98. The van der Waals surface area contributed by atoms with Gasteiger partial charge in [0.2, 0.25) is 0 Å². The van der Waals surface area contributed by atoms with E-state index in [4.69, 9.17) is 0 Å². The first-order valence-corrected chi connectivity index (χ1v) is 7.80. The first-order chi connectivity index (χ1) is 11.7. The van der Waals surface area contributed by atoms with Crippen LogP contribution in [-0.2, 0) is 13.1 Å². The molecule has 0 fully saturated rings. The van der Waals surface area contributed by atoms with Gasteiger partial charge in [-0.2, -0.15) is 0 Å². The lowest BCUT2D eigenvalue weighted by Gasteiger charge is -2.01. The Morgan fingerprint density at radius 1 is 0.875 bits per heavy atom. The van der Waals surface area contributed by atoms with Crippen LogP contribution in [0, 0.1) is 13.8 Å². The number of imidazole rings is 2. The Morgan fingerprint density at radius 3 is 1.79 bits per heavy atom. The highest BCUT2D eigenvalue weighted by molar-refractivity contribution is 5.78. The summed E-state index contributed by atoms with van der Waals surface area (Å²) in [6.07, 6.45) is 6.96. The molecule has 0 atom stereocenters. The van der Waals surface area contributed by atoms with Gasteiger partial charge < -0.3 is 9.97 Å². The van der Waals surface area contributed by atoms with Gasteiger partial charge in [0.15, 0.2) is 0 Å². The molecule has 0 bridgehead atoms. The average molecular weight is 320 g/mol. The number of H-pyrrole nitrogens is 2. The predicted molar refractivity (Wildman–Crippen MR) is 95.7 cm³/mol. The Bertz CT molecular complexity index is 788. The molecule has 0 amide bonds. The van der Waals surface area contributed by atoms with E-state index in [-0.39, 0.29) is 0 Å². The molecule has 0 saturated heterocycles. The molecular formula is C18H20N6. The van der Waals surface area contributed by atoms with Crippen LogP contribution in [0.15, 0.2) is 46.9 Å². The van der Waals surface area contributed by atoms with Gasteiger partial charge >= 0.3 is 0 Å². The number of aromatic amines is 2.